The minimum absolute atomic E-state index is 0.0819. The second kappa shape index (κ2) is 8.70. The van der Waals surface area contributed by atoms with Crippen LogP contribution in [0.4, 0.5) is 0 Å². The Balaban J connectivity index is 1.26. The van der Waals surface area contributed by atoms with Gasteiger partial charge in [0.2, 0.25) is 5.91 Å². The Hall–Kier alpha value is -3.45. The number of amides is 2. The summed E-state index contributed by atoms with van der Waals surface area (Å²) in [6.07, 6.45) is 0.318. The number of carbonyl (C=O) groups excluding carboxylic acids is 2. The molecular formula is C22H19N3O3S. The summed E-state index contributed by atoms with van der Waals surface area (Å²) in [6, 6.07) is 20.7. The van der Waals surface area contributed by atoms with Crippen LogP contribution in [-0.4, -0.2) is 29.9 Å². The van der Waals surface area contributed by atoms with Gasteiger partial charge in [0.05, 0.1) is 16.6 Å². The average molecular weight is 405 g/mol. The summed E-state index contributed by atoms with van der Waals surface area (Å²) in [5.41, 5.74) is 1.85. The molecule has 0 aliphatic heterocycles. The molecule has 2 aromatic carbocycles. The molecule has 146 valence electrons. The first-order valence-electron chi connectivity index (χ1n) is 9.23. The van der Waals surface area contributed by atoms with Gasteiger partial charge in [-0.15, -0.1) is 11.3 Å². The van der Waals surface area contributed by atoms with E-state index < -0.39 is 0 Å². The third-order valence-corrected chi connectivity index (χ3v) is 5.33. The van der Waals surface area contributed by atoms with Crippen LogP contribution in [0.15, 0.2) is 71.1 Å². The molecule has 0 spiro atoms. The van der Waals surface area contributed by atoms with Crippen LogP contribution in [-0.2, 0) is 11.2 Å². The topological polar surface area (TPSA) is 84.2 Å². The number of para-hydroxylation sites is 1. The highest BCUT2D eigenvalue weighted by Gasteiger charge is 2.14. The molecule has 0 bridgehead atoms. The molecule has 0 saturated heterocycles. The highest BCUT2D eigenvalue weighted by Crippen LogP contribution is 2.31. The van der Waals surface area contributed by atoms with Gasteiger partial charge in [0.1, 0.15) is 0 Å². The number of aromatic nitrogens is 1. The molecule has 2 aromatic heterocycles. The summed E-state index contributed by atoms with van der Waals surface area (Å²) in [5, 5.41) is 6.27. The van der Waals surface area contributed by atoms with Crippen molar-refractivity contribution in [2.24, 2.45) is 0 Å². The van der Waals surface area contributed by atoms with E-state index in [4.69, 9.17) is 4.42 Å². The Labute approximate surface area is 171 Å². The third kappa shape index (κ3) is 4.70. The normalized spacial score (nSPS) is 10.8. The Morgan fingerprint density at radius 1 is 0.897 bits per heavy atom. The number of benzene rings is 2. The molecule has 0 aliphatic rings. The molecule has 0 fully saturated rings. The first-order valence-corrected chi connectivity index (χ1v) is 10.1. The minimum Gasteiger partial charge on any atom is -0.448 e. The monoisotopic (exact) mass is 405 g/mol. The van der Waals surface area contributed by atoms with Gasteiger partial charge in [0, 0.05) is 13.1 Å². The Kier molecular flexibility index (Phi) is 5.67. The van der Waals surface area contributed by atoms with E-state index in [1.54, 1.807) is 12.1 Å². The lowest BCUT2D eigenvalue weighted by Crippen LogP contribution is -2.35. The maximum absolute atomic E-state index is 12.3. The van der Waals surface area contributed by atoms with Gasteiger partial charge in [-0.25, -0.2) is 4.98 Å². The van der Waals surface area contributed by atoms with Crippen molar-refractivity contribution < 1.29 is 14.0 Å². The Bertz CT molecular complexity index is 1100. The van der Waals surface area contributed by atoms with E-state index >= 15 is 0 Å². The Morgan fingerprint density at radius 3 is 2.48 bits per heavy atom. The largest absolute Gasteiger partial charge is 0.448 e. The number of hydrogen-bond acceptors (Lipinski definition) is 5. The van der Waals surface area contributed by atoms with E-state index in [0.717, 1.165) is 20.8 Å². The van der Waals surface area contributed by atoms with E-state index in [2.05, 4.69) is 15.6 Å². The molecule has 6 nitrogen and oxygen atoms in total. The molecule has 4 rings (SSSR count). The number of fused-ring (bicyclic) bond motifs is 1. The summed E-state index contributed by atoms with van der Waals surface area (Å²) in [5.74, 6) is 0.374. The standard InChI is InChI=1S/C22H19N3O3S/c26-20(14-15-6-2-1-3-7-15)23-12-13-24-21(27)17-10-11-18(28-17)22-25-16-8-4-5-9-19(16)29-22/h1-11H,12-14H2,(H,23,26)(H,24,27). The predicted octanol–water partition coefficient (Wildman–Crippen LogP) is 3.65. The predicted molar refractivity (Wildman–Crippen MR) is 113 cm³/mol. The van der Waals surface area contributed by atoms with E-state index in [1.165, 1.54) is 11.3 Å². The van der Waals surface area contributed by atoms with Crippen LogP contribution < -0.4 is 10.6 Å². The van der Waals surface area contributed by atoms with Gasteiger partial charge in [-0.2, -0.15) is 0 Å². The van der Waals surface area contributed by atoms with Gasteiger partial charge in [0.15, 0.2) is 16.5 Å². The van der Waals surface area contributed by atoms with Crippen molar-refractivity contribution in [1.29, 1.82) is 0 Å². The number of rotatable bonds is 7. The highest BCUT2D eigenvalue weighted by atomic mass is 32.1. The van der Waals surface area contributed by atoms with Crippen molar-refractivity contribution >= 4 is 33.4 Å². The van der Waals surface area contributed by atoms with E-state index in [-0.39, 0.29) is 17.6 Å². The van der Waals surface area contributed by atoms with E-state index in [9.17, 15) is 9.59 Å². The fourth-order valence-corrected chi connectivity index (χ4v) is 3.79. The van der Waals surface area contributed by atoms with E-state index in [0.29, 0.717) is 25.3 Å². The van der Waals surface area contributed by atoms with Gasteiger partial charge >= 0.3 is 0 Å². The first kappa shape index (κ1) is 18.9. The van der Waals surface area contributed by atoms with Gasteiger partial charge in [-0.3, -0.25) is 9.59 Å². The maximum Gasteiger partial charge on any atom is 0.287 e. The molecule has 0 radical (unpaired) electrons. The van der Waals surface area contributed by atoms with Crippen molar-refractivity contribution in [3.8, 4) is 10.8 Å². The lowest BCUT2D eigenvalue weighted by atomic mass is 10.1. The molecule has 0 atom stereocenters. The SMILES string of the molecule is O=C(Cc1ccccc1)NCCNC(=O)c1ccc(-c2nc3ccccc3s2)o1. The number of furan rings is 1. The summed E-state index contributed by atoms with van der Waals surface area (Å²) in [4.78, 5) is 28.7. The summed E-state index contributed by atoms with van der Waals surface area (Å²) >= 11 is 1.52. The third-order valence-electron chi connectivity index (χ3n) is 4.27. The fraction of sp³-hybridized carbons (Fsp3) is 0.136. The second-order valence-corrected chi connectivity index (χ2v) is 7.45. The maximum atomic E-state index is 12.3. The van der Waals surface area contributed by atoms with Crippen molar-refractivity contribution in [1.82, 2.24) is 15.6 Å². The molecule has 4 aromatic rings. The lowest BCUT2D eigenvalue weighted by Gasteiger charge is -2.06. The van der Waals surface area contributed by atoms with Gasteiger partial charge < -0.3 is 15.1 Å². The smallest absolute Gasteiger partial charge is 0.287 e. The average Bonchev–Trinajstić information content (AvgIpc) is 3.38. The highest BCUT2D eigenvalue weighted by molar-refractivity contribution is 7.21. The zero-order chi connectivity index (χ0) is 20.1. The van der Waals surface area contributed by atoms with Crippen LogP contribution in [0.25, 0.3) is 21.0 Å². The summed E-state index contributed by atoms with van der Waals surface area (Å²) in [7, 11) is 0. The van der Waals surface area contributed by atoms with Crippen LogP contribution in [0.1, 0.15) is 16.1 Å². The molecule has 29 heavy (non-hydrogen) atoms. The van der Waals surface area contributed by atoms with Gasteiger partial charge in [0.25, 0.3) is 5.91 Å². The van der Waals surface area contributed by atoms with Crippen molar-refractivity contribution in [2.75, 3.05) is 13.1 Å². The Morgan fingerprint density at radius 2 is 1.66 bits per heavy atom. The molecule has 0 aliphatic carbocycles. The van der Waals surface area contributed by atoms with Crippen LogP contribution in [0.2, 0.25) is 0 Å². The van der Waals surface area contributed by atoms with Crippen molar-refractivity contribution in [3.63, 3.8) is 0 Å². The molecule has 2 N–H and O–H groups in total. The fourth-order valence-electron chi connectivity index (χ4n) is 2.86. The number of nitrogens with zero attached hydrogens (tertiary/aromatic N) is 1. The van der Waals surface area contributed by atoms with Gasteiger partial charge in [-0.1, -0.05) is 42.5 Å². The summed E-state index contributed by atoms with van der Waals surface area (Å²) < 4.78 is 6.73. The van der Waals surface area contributed by atoms with E-state index in [1.807, 2.05) is 54.6 Å². The molecular weight excluding hydrogens is 386 g/mol. The molecule has 2 heterocycles. The summed E-state index contributed by atoms with van der Waals surface area (Å²) in [6.45, 7) is 0.666. The molecule has 2 amide bonds. The van der Waals surface area contributed by atoms with Crippen LogP contribution in [0.3, 0.4) is 0 Å². The zero-order valence-corrected chi connectivity index (χ0v) is 16.4. The molecule has 0 unspecified atom stereocenters. The number of thiazole rings is 1. The van der Waals surface area contributed by atoms with Crippen LogP contribution in [0.5, 0.6) is 0 Å². The van der Waals surface area contributed by atoms with Crippen molar-refractivity contribution in [3.05, 3.63) is 78.1 Å². The lowest BCUT2D eigenvalue weighted by molar-refractivity contribution is -0.120. The number of nitrogens with one attached hydrogen (secondary N) is 2. The minimum atomic E-state index is -0.324. The molecule has 0 saturated carbocycles. The molecule has 7 heteroatoms. The van der Waals surface area contributed by atoms with Gasteiger partial charge in [-0.05, 0) is 29.8 Å². The van der Waals surface area contributed by atoms with Crippen LogP contribution in [0, 0.1) is 0 Å². The van der Waals surface area contributed by atoms with Crippen LogP contribution >= 0.6 is 11.3 Å². The number of hydrogen-bond donors (Lipinski definition) is 2. The van der Waals surface area contributed by atoms with Crippen molar-refractivity contribution in [2.45, 2.75) is 6.42 Å². The number of carbonyl (C=O) groups is 2. The quantitative estimate of drug-likeness (QED) is 0.460. The second-order valence-electron chi connectivity index (χ2n) is 6.42. The zero-order valence-electron chi connectivity index (χ0n) is 15.6. The first-order chi connectivity index (χ1) is 14.2.